The lowest BCUT2D eigenvalue weighted by Gasteiger charge is -2.06. The first-order valence-electron chi connectivity index (χ1n) is 5.03. The average Bonchev–Trinajstić information content (AvgIpc) is 2.75. The van der Waals surface area contributed by atoms with Crippen molar-refractivity contribution < 1.29 is 4.79 Å². The lowest BCUT2D eigenvalue weighted by Crippen LogP contribution is -2.04. The monoisotopic (exact) mass is 228 g/mol. The van der Waals surface area contributed by atoms with Gasteiger partial charge in [-0.3, -0.25) is 4.79 Å². The van der Waals surface area contributed by atoms with Crippen LogP contribution in [0, 0.1) is 5.92 Å². The normalized spacial score (nSPS) is 17.5. The number of halogens is 1. The third-order valence-corrected chi connectivity index (χ3v) is 4.20. The minimum Gasteiger partial charge on any atom is -0.293 e. The van der Waals surface area contributed by atoms with E-state index >= 15 is 0 Å². The first-order valence-corrected chi connectivity index (χ1v) is 6.29. The van der Waals surface area contributed by atoms with Crippen LogP contribution in [0.1, 0.15) is 41.8 Å². The molecule has 0 saturated heterocycles. The highest BCUT2D eigenvalue weighted by atomic mass is 35.5. The van der Waals surface area contributed by atoms with Crippen molar-refractivity contribution in [1.29, 1.82) is 0 Å². The van der Waals surface area contributed by atoms with E-state index in [1.807, 2.05) is 5.38 Å². The van der Waals surface area contributed by atoms with Crippen molar-refractivity contribution in [1.82, 2.24) is 0 Å². The van der Waals surface area contributed by atoms with Crippen LogP contribution in [-0.4, -0.2) is 5.78 Å². The summed E-state index contributed by atoms with van der Waals surface area (Å²) in [6, 6.07) is 1.80. The molecule has 0 aromatic carbocycles. The van der Waals surface area contributed by atoms with E-state index in [2.05, 4.69) is 0 Å². The van der Waals surface area contributed by atoms with Crippen LogP contribution in [0.4, 0.5) is 0 Å². The summed E-state index contributed by atoms with van der Waals surface area (Å²) in [7, 11) is 0. The van der Waals surface area contributed by atoms with Gasteiger partial charge in [-0.1, -0.05) is 37.3 Å². The predicted molar refractivity (Wildman–Crippen MR) is 60.2 cm³/mol. The molecule has 0 unspecified atom stereocenters. The van der Waals surface area contributed by atoms with Crippen molar-refractivity contribution in [2.45, 2.75) is 32.1 Å². The molecule has 1 aromatic rings. The second-order valence-corrected chi connectivity index (χ2v) is 5.20. The van der Waals surface area contributed by atoms with E-state index < -0.39 is 0 Å². The minimum absolute atomic E-state index is 0.233. The van der Waals surface area contributed by atoms with Crippen molar-refractivity contribution >= 4 is 28.7 Å². The number of carbonyl (C=O) groups is 1. The second kappa shape index (κ2) is 4.45. The van der Waals surface area contributed by atoms with E-state index in [9.17, 15) is 4.79 Å². The number of hydrogen-bond donors (Lipinski definition) is 0. The van der Waals surface area contributed by atoms with E-state index in [1.54, 1.807) is 6.07 Å². The van der Waals surface area contributed by atoms with Crippen LogP contribution < -0.4 is 0 Å². The molecule has 1 nitrogen and oxygen atoms in total. The largest absolute Gasteiger partial charge is 0.293 e. The van der Waals surface area contributed by atoms with E-state index in [0.717, 1.165) is 4.88 Å². The highest BCUT2D eigenvalue weighted by Gasteiger charge is 2.21. The summed E-state index contributed by atoms with van der Waals surface area (Å²) in [6.07, 6.45) is 5.70. The van der Waals surface area contributed by atoms with Crippen molar-refractivity contribution in [2.24, 2.45) is 5.92 Å². The number of ketones is 1. The van der Waals surface area contributed by atoms with Gasteiger partial charge in [0.2, 0.25) is 0 Å². The Labute approximate surface area is 93.1 Å². The molecule has 0 amide bonds. The van der Waals surface area contributed by atoms with Gasteiger partial charge in [0.05, 0.1) is 9.90 Å². The Balaban J connectivity index is 1.98. The van der Waals surface area contributed by atoms with E-state index in [-0.39, 0.29) is 5.78 Å². The highest BCUT2D eigenvalue weighted by Crippen LogP contribution is 2.31. The Morgan fingerprint density at radius 1 is 1.50 bits per heavy atom. The van der Waals surface area contributed by atoms with Gasteiger partial charge in [0.15, 0.2) is 5.78 Å². The van der Waals surface area contributed by atoms with Gasteiger partial charge in [0, 0.05) is 6.42 Å². The molecule has 0 N–H and O–H groups in total. The average molecular weight is 229 g/mol. The molecule has 76 valence electrons. The molecule has 1 saturated carbocycles. The van der Waals surface area contributed by atoms with Crippen LogP contribution in [0.2, 0.25) is 5.02 Å². The maximum atomic E-state index is 11.8. The molecule has 2 rings (SSSR count). The van der Waals surface area contributed by atoms with Crippen LogP contribution in [0.5, 0.6) is 0 Å². The van der Waals surface area contributed by atoms with Gasteiger partial charge in [-0.15, -0.1) is 11.3 Å². The molecule has 0 spiro atoms. The molecule has 0 radical (unpaired) electrons. The predicted octanol–water partition coefficient (Wildman–Crippen LogP) is 4.16. The number of carbonyl (C=O) groups excluding carboxylic acids is 1. The fraction of sp³-hybridized carbons (Fsp3) is 0.545. The molecule has 1 aromatic heterocycles. The fourth-order valence-electron chi connectivity index (χ4n) is 2.06. The van der Waals surface area contributed by atoms with Gasteiger partial charge in [0.1, 0.15) is 0 Å². The summed E-state index contributed by atoms with van der Waals surface area (Å²) < 4.78 is 0. The minimum atomic E-state index is 0.233. The quantitative estimate of drug-likeness (QED) is 0.710. The molecular weight excluding hydrogens is 216 g/mol. The van der Waals surface area contributed by atoms with E-state index in [0.29, 0.717) is 17.4 Å². The van der Waals surface area contributed by atoms with Crippen LogP contribution in [0.25, 0.3) is 0 Å². The SMILES string of the molecule is O=C(CC1CCCC1)c1sccc1Cl. The van der Waals surface area contributed by atoms with Crippen LogP contribution >= 0.6 is 22.9 Å². The summed E-state index contributed by atoms with van der Waals surface area (Å²) in [4.78, 5) is 12.6. The number of Topliss-reactive ketones (excluding diaryl/α,β-unsaturated/α-hetero) is 1. The molecule has 1 aliphatic carbocycles. The molecule has 0 bridgehead atoms. The standard InChI is InChI=1S/C11H13ClOS/c12-9-5-6-14-11(9)10(13)7-8-3-1-2-4-8/h5-6,8H,1-4,7H2. The lowest BCUT2D eigenvalue weighted by molar-refractivity contribution is 0.0966. The fourth-order valence-corrected chi connectivity index (χ4v) is 3.17. The third-order valence-electron chi connectivity index (χ3n) is 2.82. The molecule has 0 aliphatic heterocycles. The molecule has 3 heteroatoms. The number of hydrogen-bond acceptors (Lipinski definition) is 2. The van der Waals surface area contributed by atoms with Gasteiger partial charge >= 0.3 is 0 Å². The third kappa shape index (κ3) is 2.18. The maximum absolute atomic E-state index is 11.8. The Bertz CT molecular complexity index is 326. The van der Waals surface area contributed by atoms with E-state index in [4.69, 9.17) is 11.6 Å². The number of thiophene rings is 1. The van der Waals surface area contributed by atoms with E-state index in [1.165, 1.54) is 37.0 Å². The Hall–Kier alpha value is -0.340. The first kappa shape index (κ1) is 10.2. The van der Waals surface area contributed by atoms with Crippen molar-refractivity contribution in [3.8, 4) is 0 Å². The van der Waals surface area contributed by atoms with Gasteiger partial charge in [0.25, 0.3) is 0 Å². The lowest BCUT2D eigenvalue weighted by atomic mass is 10.0. The molecule has 1 fully saturated rings. The summed E-state index contributed by atoms with van der Waals surface area (Å²) in [6.45, 7) is 0. The Morgan fingerprint density at radius 2 is 2.21 bits per heavy atom. The maximum Gasteiger partial charge on any atom is 0.174 e. The van der Waals surface area contributed by atoms with Crippen molar-refractivity contribution in [3.63, 3.8) is 0 Å². The summed E-state index contributed by atoms with van der Waals surface area (Å²) in [5, 5.41) is 2.50. The summed E-state index contributed by atoms with van der Waals surface area (Å²) >= 11 is 7.37. The first-order chi connectivity index (χ1) is 6.77. The summed E-state index contributed by atoms with van der Waals surface area (Å²) in [5.41, 5.74) is 0. The van der Waals surface area contributed by atoms with Crippen molar-refractivity contribution in [3.05, 3.63) is 21.3 Å². The number of rotatable bonds is 3. The molecular formula is C11H13ClOS. The smallest absolute Gasteiger partial charge is 0.174 e. The van der Waals surface area contributed by atoms with Crippen LogP contribution in [-0.2, 0) is 0 Å². The van der Waals surface area contributed by atoms with Gasteiger partial charge in [-0.2, -0.15) is 0 Å². The molecule has 1 heterocycles. The van der Waals surface area contributed by atoms with Crippen molar-refractivity contribution in [2.75, 3.05) is 0 Å². The van der Waals surface area contributed by atoms with Crippen LogP contribution in [0.15, 0.2) is 11.4 Å². The second-order valence-electron chi connectivity index (χ2n) is 3.88. The highest BCUT2D eigenvalue weighted by molar-refractivity contribution is 7.12. The molecule has 14 heavy (non-hydrogen) atoms. The Morgan fingerprint density at radius 3 is 2.79 bits per heavy atom. The zero-order valence-corrected chi connectivity index (χ0v) is 9.53. The topological polar surface area (TPSA) is 17.1 Å². The van der Waals surface area contributed by atoms with Gasteiger partial charge in [-0.25, -0.2) is 0 Å². The van der Waals surface area contributed by atoms with Gasteiger partial charge < -0.3 is 0 Å². The zero-order valence-electron chi connectivity index (χ0n) is 7.96. The van der Waals surface area contributed by atoms with Gasteiger partial charge in [-0.05, 0) is 17.4 Å². The zero-order chi connectivity index (χ0) is 9.97. The molecule has 0 atom stereocenters. The molecule has 1 aliphatic rings. The Kier molecular flexibility index (Phi) is 3.24. The van der Waals surface area contributed by atoms with Crippen LogP contribution in [0.3, 0.4) is 0 Å². The summed E-state index contributed by atoms with van der Waals surface area (Å²) in [5.74, 6) is 0.845.